The molecule has 3 heterocycles. The largest absolute Gasteiger partial charge is 0.478 e. The number of nitrogens with zero attached hydrogens (tertiary/aromatic N) is 5. The minimum atomic E-state index is -4.94. The summed E-state index contributed by atoms with van der Waals surface area (Å²) in [7, 11) is -3.25. The molecule has 3 unspecified atom stereocenters. The lowest BCUT2D eigenvalue weighted by molar-refractivity contribution is -0.153. The normalized spacial score (nSPS) is 25.0. The molecule has 17 nitrogen and oxygen atoms in total. The summed E-state index contributed by atoms with van der Waals surface area (Å²) in [5.74, 6) is -3.30. The third kappa shape index (κ3) is 5.14. The Bertz CT molecular complexity index is 1240. The molecule has 2 amide bonds. The molecule has 0 bridgehead atoms. The van der Waals surface area contributed by atoms with Crippen LogP contribution in [0.15, 0.2) is 22.5 Å². The molecule has 19 heteroatoms. The Morgan fingerprint density at radius 3 is 2.72 bits per heavy atom. The smallest absolute Gasteiger partial charge is 0.362 e. The van der Waals surface area contributed by atoms with Crippen molar-refractivity contribution < 1.29 is 37.3 Å². The summed E-state index contributed by atoms with van der Waals surface area (Å²) in [5.41, 5.74) is 3.86. The third-order valence-corrected chi connectivity index (χ3v) is 7.23. The number of aromatic nitrogens is 3. The van der Waals surface area contributed by atoms with Crippen molar-refractivity contribution in [2.24, 2.45) is 10.9 Å². The lowest BCUT2D eigenvalue weighted by Gasteiger charge is -2.43. The molecule has 2 fully saturated rings. The molecule has 1 aromatic rings. The molecular weight excluding hydrogens is 522 g/mol. The number of nitrogens with two attached hydrogens (primary N) is 1. The highest BCUT2D eigenvalue weighted by Crippen LogP contribution is 2.40. The third-order valence-electron chi connectivity index (χ3n) is 5.50. The lowest BCUT2D eigenvalue weighted by Crippen LogP contribution is -2.73. The number of oxime groups is 1. The van der Waals surface area contributed by atoms with Gasteiger partial charge in [0.1, 0.15) is 17.6 Å². The summed E-state index contributed by atoms with van der Waals surface area (Å²) in [5, 5.41) is 30.7. The average Bonchev–Trinajstić information content (AvgIpc) is 3.27. The van der Waals surface area contributed by atoms with Gasteiger partial charge in [-0.3, -0.25) is 14.1 Å². The SMILES string of the molecule is CNCc1cnn(CC2C(NC(=O)/C(=N\OC3(C(=O)O)CC3)C3=CSC(N)N3)C(=O)N2S(=O)(=O)O)n1. The predicted octanol–water partition coefficient (Wildman–Crippen LogP) is -3.09. The maximum atomic E-state index is 13.1. The van der Waals surface area contributed by atoms with E-state index in [0.717, 1.165) is 16.6 Å². The number of aliphatic carboxylic acids is 1. The zero-order valence-electron chi connectivity index (χ0n) is 18.7. The van der Waals surface area contributed by atoms with Crippen LogP contribution in [0.1, 0.15) is 18.5 Å². The van der Waals surface area contributed by atoms with E-state index < -0.39 is 57.0 Å². The van der Waals surface area contributed by atoms with E-state index >= 15 is 0 Å². The summed E-state index contributed by atoms with van der Waals surface area (Å²) in [6.45, 7) is 0.110. The van der Waals surface area contributed by atoms with E-state index in [1.165, 1.54) is 11.6 Å². The van der Waals surface area contributed by atoms with E-state index in [9.17, 15) is 32.5 Å². The Labute approximate surface area is 208 Å². The van der Waals surface area contributed by atoms with Crippen molar-refractivity contribution in [3.05, 3.63) is 23.0 Å². The summed E-state index contributed by atoms with van der Waals surface area (Å²) in [6, 6.07) is -2.66. The van der Waals surface area contributed by atoms with Crippen molar-refractivity contribution in [1.29, 1.82) is 0 Å². The van der Waals surface area contributed by atoms with Gasteiger partial charge in [-0.2, -0.15) is 23.4 Å². The minimum absolute atomic E-state index is 0.117. The number of hydrogen-bond acceptors (Lipinski definition) is 13. The van der Waals surface area contributed by atoms with Crippen molar-refractivity contribution in [3.63, 3.8) is 0 Å². The van der Waals surface area contributed by atoms with Crippen LogP contribution in [-0.4, -0.2) is 91.1 Å². The molecule has 196 valence electrons. The zero-order chi connectivity index (χ0) is 26.3. The highest BCUT2D eigenvalue weighted by atomic mass is 32.2. The Hall–Kier alpha value is -3.26. The molecule has 1 saturated heterocycles. The first-order valence-electron chi connectivity index (χ1n) is 10.5. The van der Waals surface area contributed by atoms with E-state index in [4.69, 9.17) is 10.6 Å². The maximum Gasteiger partial charge on any atom is 0.362 e. The number of carbonyl (C=O) groups excluding carboxylic acids is 2. The van der Waals surface area contributed by atoms with Crippen molar-refractivity contribution in [2.75, 3.05) is 7.05 Å². The molecule has 4 rings (SSSR count). The quantitative estimate of drug-likeness (QED) is 0.0698. The molecule has 0 radical (unpaired) electrons. The fraction of sp³-hybridized carbons (Fsp3) is 0.529. The van der Waals surface area contributed by atoms with E-state index in [0.29, 0.717) is 12.2 Å². The van der Waals surface area contributed by atoms with Crippen molar-refractivity contribution >= 4 is 45.6 Å². The van der Waals surface area contributed by atoms with Gasteiger partial charge in [0.2, 0.25) is 5.60 Å². The van der Waals surface area contributed by atoms with E-state index in [-0.39, 0.29) is 29.4 Å². The Morgan fingerprint density at radius 2 is 2.17 bits per heavy atom. The minimum Gasteiger partial charge on any atom is -0.478 e. The molecule has 1 aromatic heterocycles. The van der Waals surface area contributed by atoms with Crippen molar-refractivity contribution in [1.82, 2.24) is 35.2 Å². The van der Waals surface area contributed by atoms with Gasteiger partial charge in [-0.1, -0.05) is 16.9 Å². The lowest BCUT2D eigenvalue weighted by atomic mass is 9.98. The number of thioether (sulfide) groups is 1. The predicted molar refractivity (Wildman–Crippen MR) is 122 cm³/mol. The monoisotopic (exact) mass is 545 g/mol. The van der Waals surface area contributed by atoms with Crippen LogP contribution in [-0.2, 0) is 42.6 Å². The summed E-state index contributed by atoms with van der Waals surface area (Å²) in [4.78, 5) is 43.4. The molecule has 0 spiro atoms. The number of carbonyl (C=O) groups is 3. The van der Waals surface area contributed by atoms with Crippen LogP contribution < -0.4 is 21.7 Å². The van der Waals surface area contributed by atoms with E-state index in [1.54, 1.807) is 7.05 Å². The van der Waals surface area contributed by atoms with Gasteiger partial charge < -0.3 is 31.6 Å². The molecule has 7 N–H and O–H groups in total. The molecule has 2 aliphatic heterocycles. The van der Waals surface area contributed by atoms with Crippen LogP contribution in [0.4, 0.5) is 0 Å². The second-order valence-electron chi connectivity index (χ2n) is 8.11. The van der Waals surface area contributed by atoms with Crippen molar-refractivity contribution in [2.45, 2.75) is 49.1 Å². The number of hydrogen-bond donors (Lipinski definition) is 6. The van der Waals surface area contributed by atoms with Crippen LogP contribution in [0, 0.1) is 0 Å². The number of β-lactam (4-membered cyclic amide) rings is 1. The molecule has 3 aliphatic rings. The molecule has 0 aromatic carbocycles. The van der Waals surface area contributed by atoms with Crippen LogP contribution in [0.25, 0.3) is 0 Å². The van der Waals surface area contributed by atoms with Crippen LogP contribution >= 0.6 is 11.8 Å². The Balaban J connectivity index is 1.55. The van der Waals surface area contributed by atoms with Crippen LogP contribution in [0.5, 0.6) is 0 Å². The van der Waals surface area contributed by atoms with Gasteiger partial charge in [0.25, 0.3) is 11.8 Å². The summed E-state index contributed by atoms with van der Waals surface area (Å²) in [6.07, 6.45) is 1.82. The highest BCUT2D eigenvalue weighted by Gasteiger charge is 2.56. The second-order valence-corrected chi connectivity index (χ2v) is 10.4. The summed E-state index contributed by atoms with van der Waals surface area (Å²) < 4.78 is 33.3. The molecule has 1 aliphatic carbocycles. The number of carboxylic acids is 1. The summed E-state index contributed by atoms with van der Waals surface area (Å²) >= 11 is 1.12. The number of amides is 2. The number of nitrogens with one attached hydrogen (secondary N) is 3. The Kier molecular flexibility index (Phi) is 6.92. The first-order valence-corrected chi connectivity index (χ1v) is 12.8. The fourth-order valence-corrected chi connectivity index (χ4v) is 5.02. The molecule has 36 heavy (non-hydrogen) atoms. The van der Waals surface area contributed by atoms with Crippen molar-refractivity contribution in [3.8, 4) is 0 Å². The van der Waals surface area contributed by atoms with Crippen LogP contribution in [0.3, 0.4) is 0 Å². The van der Waals surface area contributed by atoms with Gasteiger partial charge in [-0.25, -0.2) is 9.10 Å². The van der Waals surface area contributed by atoms with E-state index in [1.807, 2.05) is 0 Å². The topological polar surface area (TPSA) is 243 Å². The van der Waals surface area contributed by atoms with Gasteiger partial charge >= 0.3 is 16.3 Å². The average molecular weight is 546 g/mol. The molecule has 1 saturated carbocycles. The fourth-order valence-electron chi connectivity index (χ4n) is 3.49. The van der Waals surface area contributed by atoms with Gasteiger partial charge in [0.15, 0.2) is 5.71 Å². The van der Waals surface area contributed by atoms with E-state index in [2.05, 4.69) is 31.3 Å². The van der Waals surface area contributed by atoms with Gasteiger partial charge in [-0.05, 0) is 7.05 Å². The Morgan fingerprint density at radius 1 is 1.44 bits per heavy atom. The molecule has 3 atom stereocenters. The van der Waals surface area contributed by atoms with Gasteiger partial charge in [0.05, 0.1) is 24.1 Å². The molecular formula is C17H23N9O8S2. The van der Waals surface area contributed by atoms with Gasteiger partial charge in [0, 0.05) is 24.8 Å². The van der Waals surface area contributed by atoms with Gasteiger partial charge in [-0.15, -0.1) is 0 Å². The standard InChI is InChI=1S/C17H23N9O8S2/c1-19-4-8-5-20-25(23-8)6-10-12(14(28)26(10)36(31,32)33)22-13(27)11(9-7-35-16(18)21-9)24-34-17(2-3-17)15(29)30/h5,7,10,12,16,19,21H,2-4,6,18H2,1H3,(H,22,27)(H,29,30)(H,31,32,33)/b24-11-. The van der Waals surface area contributed by atoms with Crippen LogP contribution in [0.2, 0.25) is 0 Å². The number of carboxylic acid groups (broad SMARTS) is 1. The first-order chi connectivity index (χ1) is 16.9. The zero-order valence-corrected chi connectivity index (χ0v) is 20.3. The second kappa shape index (κ2) is 9.65. The number of rotatable bonds is 11. The first kappa shape index (κ1) is 25.8. The highest BCUT2D eigenvalue weighted by molar-refractivity contribution is 8.02. The maximum absolute atomic E-state index is 13.1.